The molecule has 0 bridgehead atoms. The molecule has 0 aromatic heterocycles. The maximum Gasteiger partial charge on any atom is 0.243 e. The summed E-state index contributed by atoms with van der Waals surface area (Å²) in [6, 6.07) is 5.43. The zero-order valence-corrected chi connectivity index (χ0v) is 14.9. The fourth-order valence-corrected chi connectivity index (χ4v) is 2.54. The number of hydrogen-bond donors (Lipinski definition) is 3. The average molecular weight is 354 g/mol. The molecule has 0 fully saturated rings. The first-order valence-electron chi connectivity index (χ1n) is 7.81. The van der Waals surface area contributed by atoms with Crippen molar-refractivity contribution in [2.45, 2.75) is 45.7 Å². The van der Waals surface area contributed by atoms with Crippen molar-refractivity contribution in [1.29, 1.82) is 0 Å². The molecule has 0 aliphatic heterocycles. The van der Waals surface area contributed by atoms with Gasteiger partial charge in [0, 0.05) is 18.4 Å². The van der Waals surface area contributed by atoms with Crippen molar-refractivity contribution in [3.63, 3.8) is 0 Å². The van der Waals surface area contributed by atoms with Crippen molar-refractivity contribution >= 4 is 29.3 Å². The van der Waals surface area contributed by atoms with Gasteiger partial charge in [0.15, 0.2) is 0 Å². The molecular weight excluding hydrogens is 330 g/mol. The molecular formula is C17H24ClN3O3. The third-order valence-corrected chi connectivity index (χ3v) is 3.81. The van der Waals surface area contributed by atoms with E-state index in [-0.39, 0.29) is 18.2 Å². The molecule has 3 amide bonds. The normalized spacial score (nSPS) is 13.2. The maximum atomic E-state index is 12.4. The largest absolute Gasteiger partial charge is 0.368 e. The molecule has 0 saturated heterocycles. The molecule has 6 nitrogen and oxygen atoms in total. The van der Waals surface area contributed by atoms with Crippen molar-refractivity contribution in [3.05, 3.63) is 34.9 Å². The highest BCUT2D eigenvalue weighted by Gasteiger charge is 2.26. The van der Waals surface area contributed by atoms with E-state index < -0.39 is 23.9 Å². The number of carbonyl (C=O) groups excluding carboxylic acids is 3. The van der Waals surface area contributed by atoms with Crippen LogP contribution >= 0.6 is 11.6 Å². The Morgan fingerprint density at radius 1 is 1.12 bits per heavy atom. The van der Waals surface area contributed by atoms with Gasteiger partial charge in [-0.05, 0) is 24.0 Å². The van der Waals surface area contributed by atoms with E-state index in [0.717, 1.165) is 0 Å². The smallest absolute Gasteiger partial charge is 0.243 e. The molecule has 0 aliphatic carbocycles. The Morgan fingerprint density at radius 3 is 2.25 bits per heavy atom. The molecule has 0 aliphatic rings. The molecule has 0 heterocycles. The zero-order valence-electron chi connectivity index (χ0n) is 14.1. The Bertz CT molecular complexity index is 604. The number of primary amides is 1. The van der Waals surface area contributed by atoms with Gasteiger partial charge in [-0.1, -0.05) is 43.6 Å². The number of nitrogens with two attached hydrogens (primary N) is 1. The first-order valence-corrected chi connectivity index (χ1v) is 8.18. The van der Waals surface area contributed by atoms with Crippen molar-refractivity contribution in [2.24, 2.45) is 11.7 Å². The molecule has 132 valence electrons. The summed E-state index contributed by atoms with van der Waals surface area (Å²) >= 11 is 6.09. The van der Waals surface area contributed by atoms with Gasteiger partial charge in [-0.3, -0.25) is 14.4 Å². The molecule has 1 rings (SSSR count). The van der Waals surface area contributed by atoms with E-state index in [1.807, 2.05) is 13.8 Å². The van der Waals surface area contributed by atoms with Crippen LogP contribution in [0, 0.1) is 5.92 Å². The van der Waals surface area contributed by atoms with Crippen LogP contribution in [0.4, 0.5) is 0 Å². The molecule has 24 heavy (non-hydrogen) atoms. The van der Waals surface area contributed by atoms with E-state index in [0.29, 0.717) is 17.0 Å². The van der Waals surface area contributed by atoms with Gasteiger partial charge in [0.05, 0.1) is 0 Å². The monoisotopic (exact) mass is 353 g/mol. The quantitative estimate of drug-likeness (QED) is 0.658. The lowest BCUT2D eigenvalue weighted by Crippen LogP contribution is -2.53. The van der Waals surface area contributed by atoms with Crippen LogP contribution in [0.15, 0.2) is 24.3 Å². The van der Waals surface area contributed by atoms with Crippen molar-refractivity contribution in [2.75, 3.05) is 0 Å². The lowest BCUT2D eigenvalue weighted by Gasteiger charge is -2.23. The topological polar surface area (TPSA) is 101 Å². The molecule has 4 N–H and O–H groups in total. The second-order valence-electron chi connectivity index (χ2n) is 6.14. The minimum absolute atomic E-state index is 0.190. The molecule has 0 spiro atoms. The van der Waals surface area contributed by atoms with Gasteiger partial charge < -0.3 is 16.4 Å². The van der Waals surface area contributed by atoms with Crippen LogP contribution < -0.4 is 16.4 Å². The minimum Gasteiger partial charge on any atom is -0.368 e. The van der Waals surface area contributed by atoms with E-state index in [2.05, 4.69) is 10.6 Å². The Morgan fingerprint density at radius 2 is 1.75 bits per heavy atom. The fraction of sp³-hybridized carbons (Fsp3) is 0.471. The molecule has 1 aromatic rings. The maximum absolute atomic E-state index is 12.4. The van der Waals surface area contributed by atoms with Gasteiger partial charge in [0.25, 0.3) is 0 Å². The summed E-state index contributed by atoms with van der Waals surface area (Å²) in [6.45, 7) is 5.23. The van der Waals surface area contributed by atoms with Gasteiger partial charge in [-0.25, -0.2) is 0 Å². The predicted molar refractivity (Wildman–Crippen MR) is 93.3 cm³/mol. The zero-order chi connectivity index (χ0) is 18.3. The standard InChI is InChI=1S/C17H24ClN3O3/c1-10(2)8-15(20-11(3)22)17(24)21-14(16(19)23)9-12-6-4-5-7-13(12)18/h4-7,10,14-15H,8-9H2,1-3H3,(H2,19,23)(H,20,22)(H,21,24)/t14-,15+/m1/s1. The summed E-state index contributed by atoms with van der Waals surface area (Å²) in [5, 5.41) is 5.72. The summed E-state index contributed by atoms with van der Waals surface area (Å²) in [4.78, 5) is 35.4. The van der Waals surface area contributed by atoms with Gasteiger partial charge >= 0.3 is 0 Å². The van der Waals surface area contributed by atoms with Crippen LogP contribution in [-0.4, -0.2) is 29.8 Å². The lowest BCUT2D eigenvalue weighted by atomic mass is 10.0. The number of carbonyl (C=O) groups is 3. The van der Waals surface area contributed by atoms with E-state index in [4.69, 9.17) is 17.3 Å². The van der Waals surface area contributed by atoms with Crippen molar-refractivity contribution in [3.8, 4) is 0 Å². The van der Waals surface area contributed by atoms with E-state index in [1.54, 1.807) is 24.3 Å². The lowest BCUT2D eigenvalue weighted by molar-refractivity contribution is -0.131. The number of nitrogens with one attached hydrogen (secondary N) is 2. The van der Waals surface area contributed by atoms with Crippen LogP contribution in [0.2, 0.25) is 5.02 Å². The first kappa shape index (κ1) is 20.0. The Hall–Kier alpha value is -2.08. The highest BCUT2D eigenvalue weighted by Crippen LogP contribution is 2.17. The fourth-order valence-electron chi connectivity index (χ4n) is 2.33. The predicted octanol–water partition coefficient (Wildman–Crippen LogP) is 1.40. The SMILES string of the molecule is CC(=O)N[C@@H](CC(C)C)C(=O)N[C@H](Cc1ccccc1Cl)C(N)=O. The van der Waals surface area contributed by atoms with Gasteiger partial charge in [-0.15, -0.1) is 0 Å². The van der Waals surface area contributed by atoms with Crippen LogP contribution in [0.25, 0.3) is 0 Å². The third-order valence-electron chi connectivity index (χ3n) is 3.44. The number of halogens is 1. The second kappa shape index (κ2) is 9.27. The van der Waals surface area contributed by atoms with Crippen LogP contribution in [-0.2, 0) is 20.8 Å². The molecule has 7 heteroatoms. The summed E-state index contributed by atoms with van der Waals surface area (Å²) in [5.74, 6) is -1.20. The number of benzene rings is 1. The Balaban J connectivity index is 2.85. The average Bonchev–Trinajstić information content (AvgIpc) is 2.46. The second-order valence-corrected chi connectivity index (χ2v) is 6.55. The molecule has 0 saturated carbocycles. The van der Waals surface area contributed by atoms with Crippen molar-refractivity contribution < 1.29 is 14.4 Å². The van der Waals surface area contributed by atoms with Crippen LogP contribution in [0.5, 0.6) is 0 Å². The number of hydrogen-bond acceptors (Lipinski definition) is 3. The Labute approximate surface area is 147 Å². The summed E-state index contributed by atoms with van der Waals surface area (Å²) in [7, 11) is 0. The van der Waals surface area contributed by atoms with Gasteiger partial charge in [-0.2, -0.15) is 0 Å². The van der Waals surface area contributed by atoms with Gasteiger partial charge in [0.2, 0.25) is 17.7 Å². The van der Waals surface area contributed by atoms with Crippen LogP contribution in [0.3, 0.4) is 0 Å². The van der Waals surface area contributed by atoms with Gasteiger partial charge in [0.1, 0.15) is 12.1 Å². The Kier molecular flexibility index (Phi) is 7.71. The number of amides is 3. The highest BCUT2D eigenvalue weighted by atomic mass is 35.5. The van der Waals surface area contributed by atoms with Crippen LogP contribution in [0.1, 0.15) is 32.8 Å². The van der Waals surface area contributed by atoms with Crippen molar-refractivity contribution in [1.82, 2.24) is 10.6 Å². The summed E-state index contributed by atoms with van der Waals surface area (Å²) < 4.78 is 0. The molecule has 0 unspecified atom stereocenters. The third kappa shape index (κ3) is 6.58. The highest BCUT2D eigenvalue weighted by molar-refractivity contribution is 6.31. The first-order chi connectivity index (χ1) is 11.2. The molecule has 1 aromatic carbocycles. The van der Waals surface area contributed by atoms with E-state index in [9.17, 15) is 14.4 Å². The summed E-state index contributed by atoms with van der Waals surface area (Å²) in [5.41, 5.74) is 6.11. The minimum atomic E-state index is -0.902. The molecule has 2 atom stereocenters. The van der Waals surface area contributed by atoms with E-state index in [1.165, 1.54) is 6.92 Å². The molecule has 0 radical (unpaired) electrons. The van der Waals surface area contributed by atoms with E-state index >= 15 is 0 Å². The number of rotatable bonds is 8. The summed E-state index contributed by atoms with van der Waals surface area (Å²) in [6.07, 6.45) is 0.651.